The van der Waals surface area contributed by atoms with Gasteiger partial charge in [0.15, 0.2) is 11.6 Å². The van der Waals surface area contributed by atoms with Crippen LogP contribution in [0.4, 0.5) is 15.8 Å². The van der Waals surface area contributed by atoms with E-state index < -0.39 is 17.2 Å². The minimum absolute atomic E-state index is 0.0228. The Morgan fingerprint density at radius 2 is 1.86 bits per heavy atom. The summed E-state index contributed by atoms with van der Waals surface area (Å²) in [5.41, 5.74) is 8.33. The van der Waals surface area contributed by atoms with Gasteiger partial charge in [-0.2, -0.15) is 0 Å². The molecule has 1 fully saturated rings. The van der Waals surface area contributed by atoms with Crippen molar-refractivity contribution in [1.29, 1.82) is 0 Å². The number of carboxylic acids is 1. The number of hydrogen-bond acceptors (Lipinski definition) is 6. The third-order valence-corrected chi connectivity index (χ3v) is 7.00. The van der Waals surface area contributed by atoms with E-state index in [9.17, 15) is 14.7 Å². The highest BCUT2D eigenvalue weighted by molar-refractivity contribution is 5.97. The van der Waals surface area contributed by atoms with Crippen LogP contribution < -0.4 is 25.7 Å². The summed E-state index contributed by atoms with van der Waals surface area (Å²) in [5, 5.41) is 9.49. The molecular formula is C27H29FN4O4. The Kier molecular flexibility index (Phi) is 6.07. The maximum atomic E-state index is 15.5. The largest absolute Gasteiger partial charge is 0.487 e. The Labute approximate surface area is 208 Å². The average Bonchev–Trinajstić information content (AvgIpc) is 2.86. The van der Waals surface area contributed by atoms with E-state index in [1.165, 1.54) is 11.8 Å². The van der Waals surface area contributed by atoms with E-state index >= 15 is 4.39 Å². The molecule has 0 saturated carbocycles. The molecule has 188 valence electrons. The molecule has 3 heterocycles. The van der Waals surface area contributed by atoms with E-state index in [2.05, 4.69) is 35.7 Å². The van der Waals surface area contributed by atoms with Crippen molar-refractivity contribution in [3.63, 3.8) is 0 Å². The van der Waals surface area contributed by atoms with Crippen molar-refractivity contribution < 1.29 is 19.0 Å². The van der Waals surface area contributed by atoms with Gasteiger partial charge >= 0.3 is 5.97 Å². The molecule has 0 spiro atoms. The predicted molar refractivity (Wildman–Crippen MR) is 138 cm³/mol. The fraction of sp³-hybridized carbons (Fsp3) is 0.333. The fourth-order valence-corrected chi connectivity index (χ4v) is 5.03. The van der Waals surface area contributed by atoms with Gasteiger partial charge in [0.1, 0.15) is 17.9 Å². The number of pyridine rings is 1. The number of nitrogens with two attached hydrogens (primary N) is 1. The fourth-order valence-electron chi connectivity index (χ4n) is 5.03. The first-order chi connectivity index (χ1) is 17.2. The molecule has 2 aliphatic rings. The molecule has 9 heteroatoms. The van der Waals surface area contributed by atoms with Gasteiger partial charge in [0.05, 0.1) is 16.9 Å². The number of aromatic nitrogens is 1. The first kappa shape index (κ1) is 23.7. The highest BCUT2D eigenvalue weighted by atomic mass is 19.1. The second-order valence-electron chi connectivity index (χ2n) is 9.48. The number of piperazine rings is 1. The van der Waals surface area contributed by atoms with Gasteiger partial charge in [-0.3, -0.25) is 4.79 Å². The molecule has 3 N–H and O–H groups in total. The van der Waals surface area contributed by atoms with Crippen molar-refractivity contribution in [2.24, 2.45) is 5.73 Å². The number of aryl methyl sites for hydroxylation is 1. The summed E-state index contributed by atoms with van der Waals surface area (Å²) in [6, 6.07) is 9.33. The third kappa shape index (κ3) is 4.14. The monoisotopic (exact) mass is 492 g/mol. The van der Waals surface area contributed by atoms with Gasteiger partial charge < -0.3 is 29.9 Å². The summed E-state index contributed by atoms with van der Waals surface area (Å²) in [5.74, 6) is -1.61. The minimum Gasteiger partial charge on any atom is -0.487 e. The molecule has 1 saturated heterocycles. The quantitative estimate of drug-likeness (QED) is 0.543. The van der Waals surface area contributed by atoms with Gasteiger partial charge in [-0.1, -0.05) is 18.7 Å². The van der Waals surface area contributed by atoms with Crippen LogP contribution in [-0.4, -0.2) is 48.4 Å². The molecule has 1 aromatic heterocycles. The molecule has 2 aliphatic heterocycles. The summed E-state index contributed by atoms with van der Waals surface area (Å²) in [4.78, 5) is 28.6. The first-order valence-corrected chi connectivity index (χ1v) is 12.0. The van der Waals surface area contributed by atoms with Crippen LogP contribution in [0.3, 0.4) is 0 Å². The number of benzene rings is 2. The zero-order valence-electron chi connectivity index (χ0n) is 20.2. The van der Waals surface area contributed by atoms with Gasteiger partial charge in [0, 0.05) is 43.8 Å². The van der Waals surface area contributed by atoms with E-state index in [-0.39, 0.29) is 23.6 Å². The van der Waals surface area contributed by atoms with E-state index in [0.29, 0.717) is 48.8 Å². The topological polar surface area (TPSA) is 101 Å². The Morgan fingerprint density at radius 3 is 2.50 bits per heavy atom. The number of aromatic carboxylic acids is 1. The maximum Gasteiger partial charge on any atom is 0.341 e. The molecule has 0 unspecified atom stereocenters. The molecular weight excluding hydrogens is 463 g/mol. The number of allylic oxidation sites excluding steroid dienone is 1. The van der Waals surface area contributed by atoms with Crippen LogP contribution in [0.5, 0.6) is 5.75 Å². The van der Waals surface area contributed by atoms with Gasteiger partial charge in [-0.05, 0) is 43.5 Å². The summed E-state index contributed by atoms with van der Waals surface area (Å²) in [6.07, 6.45) is 2.95. The number of hydrogen-bond donors (Lipinski definition) is 2. The molecule has 1 atom stereocenters. The number of rotatable bonds is 6. The number of halogens is 1. The van der Waals surface area contributed by atoms with Crippen LogP contribution in [-0.2, 0) is 6.42 Å². The zero-order chi connectivity index (χ0) is 25.6. The van der Waals surface area contributed by atoms with Crippen molar-refractivity contribution in [2.75, 3.05) is 42.6 Å². The van der Waals surface area contributed by atoms with E-state index in [1.807, 2.05) is 11.8 Å². The smallest absolute Gasteiger partial charge is 0.341 e. The van der Waals surface area contributed by atoms with Gasteiger partial charge in [-0.25, -0.2) is 9.18 Å². The van der Waals surface area contributed by atoms with Crippen LogP contribution >= 0.6 is 0 Å². The molecule has 3 aromatic rings. The van der Waals surface area contributed by atoms with Gasteiger partial charge in [0.2, 0.25) is 5.43 Å². The molecule has 36 heavy (non-hydrogen) atoms. The number of ether oxygens (including phenoxy) is 1. The molecule has 0 aliphatic carbocycles. The highest BCUT2D eigenvalue weighted by Crippen LogP contribution is 2.42. The first-order valence-electron chi connectivity index (χ1n) is 12.0. The molecule has 5 rings (SSSR count). The lowest BCUT2D eigenvalue weighted by molar-refractivity contribution is 0.0694. The number of anilines is 2. The van der Waals surface area contributed by atoms with Gasteiger partial charge in [-0.15, -0.1) is 0 Å². The maximum absolute atomic E-state index is 15.5. The summed E-state index contributed by atoms with van der Waals surface area (Å²) < 4.78 is 23.2. The second-order valence-corrected chi connectivity index (χ2v) is 9.48. The minimum atomic E-state index is -1.33. The molecule has 8 nitrogen and oxygen atoms in total. The van der Waals surface area contributed by atoms with Crippen LogP contribution in [0.15, 0.2) is 53.6 Å². The molecule has 0 amide bonds. The van der Waals surface area contributed by atoms with Crippen molar-refractivity contribution in [2.45, 2.75) is 25.8 Å². The van der Waals surface area contributed by atoms with E-state index in [4.69, 9.17) is 10.5 Å². The van der Waals surface area contributed by atoms with Crippen molar-refractivity contribution >= 4 is 28.2 Å². The summed E-state index contributed by atoms with van der Waals surface area (Å²) in [6.45, 7) is 8.39. The van der Waals surface area contributed by atoms with Crippen molar-refractivity contribution in [3.05, 3.63) is 76.0 Å². The normalized spacial score (nSPS) is 17.2. The highest BCUT2D eigenvalue weighted by Gasteiger charge is 2.31. The second kappa shape index (κ2) is 9.22. The Morgan fingerprint density at radius 1 is 1.19 bits per heavy atom. The third-order valence-electron chi connectivity index (χ3n) is 7.00. The van der Waals surface area contributed by atoms with E-state index in [0.717, 1.165) is 24.6 Å². The standard InChI is InChI=1S/C27H29FN4O4/c1-16(29)3-4-18-5-7-19(8-6-18)30-9-11-31(12-10-30)24-22(28)13-20-23-26(24)36-15-17(2)32(23)14-21(25(20)33)27(34)35/h5-8,13-14,17H,1,3-4,9-12,15,29H2,2H3,(H,34,35)/t17-/m0/s1. The van der Waals surface area contributed by atoms with Gasteiger partial charge in [0.25, 0.3) is 0 Å². The Balaban J connectivity index is 1.42. The average molecular weight is 493 g/mol. The van der Waals surface area contributed by atoms with E-state index in [1.54, 1.807) is 4.57 Å². The van der Waals surface area contributed by atoms with Crippen molar-refractivity contribution in [3.8, 4) is 5.75 Å². The Bertz CT molecular complexity index is 1410. The lowest BCUT2D eigenvalue weighted by Gasteiger charge is -2.39. The number of carbonyl (C=O) groups is 1. The van der Waals surface area contributed by atoms with Crippen LogP contribution in [0.2, 0.25) is 0 Å². The molecule has 0 radical (unpaired) electrons. The number of nitrogens with zero attached hydrogens (tertiary/aromatic N) is 3. The zero-order valence-corrected chi connectivity index (χ0v) is 20.2. The molecule has 2 aromatic carbocycles. The predicted octanol–water partition coefficient (Wildman–Crippen LogP) is 3.52. The number of carboxylic acid groups (broad SMARTS) is 1. The SMILES string of the molecule is C=C(N)CCc1ccc(N2CCN(c3c(F)cc4c(=O)c(C(=O)O)cn5c4c3OC[C@@H]5C)CC2)cc1. The summed E-state index contributed by atoms with van der Waals surface area (Å²) in [7, 11) is 0. The lowest BCUT2D eigenvalue weighted by atomic mass is 10.0. The Hall–Kier alpha value is -4.01. The van der Waals surface area contributed by atoms with Crippen LogP contribution in [0.25, 0.3) is 10.9 Å². The van der Waals surface area contributed by atoms with Crippen LogP contribution in [0, 0.1) is 5.82 Å². The lowest BCUT2D eigenvalue weighted by Crippen LogP contribution is -2.47. The van der Waals surface area contributed by atoms with Crippen molar-refractivity contribution in [1.82, 2.24) is 4.57 Å². The summed E-state index contributed by atoms with van der Waals surface area (Å²) >= 11 is 0. The van der Waals surface area contributed by atoms with Crippen LogP contribution in [0.1, 0.15) is 35.3 Å². The molecule has 0 bridgehead atoms.